The van der Waals surface area contributed by atoms with Crippen LogP contribution in [0.4, 0.5) is 10.3 Å². The lowest BCUT2D eigenvalue weighted by atomic mass is 10.2. The van der Waals surface area contributed by atoms with Gasteiger partial charge in [-0.2, -0.15) is 0 Å². The zero-order valence-electron chi connectivity index (χ0n) is 10.4. The Balaban J connectivity index is 1.92. The number of rotatable bonds is 3. The molecule has 0 spiro atoms. The fraction of sp³-hybridized carbons (Fsp3) is 0.357. The number of halogens is 2. The van der Waals surface area contributed by atoms with Gasteiger partial charge >= 0.3 is 0 Å². The van der Waals surface area contributed by atoms with E-state index in [1.54, 1.807) is 35.2 Å². The van der Waals surface area contributed by atoms with Crippen molar-refractivity contribution in [1.82, 2.24) is 9.55 Å². The average molecular weight is 280 g/mol. The summed E-state index contributed by atoms with van der Waals surface area (Å²) in [5, 5.41) is 3.50. The monoisotopic (exact) mass is 279 g/mol. The number of hydrogen-bond acceptors (Lipinski definition) is 2. The third-order valence-electron chi connectivity index (χ3n) is 3.52. The second-order valence-corrected chi connectivity index (χ2v) is 5.23. The Bertz CT molecular complexity index is 576. The number of imidazole rings is 1. The van der Waals surface area contributed by atoms with E-state index >= 15 is 0 Å². The molecule has 1 aliphatic carbocycles. The van der Waals surface area contributed by atoms with Crippen molar-refractivity contribution in [2.45, 2.75) is 31.7 Å². The van der Waals surface area contributed by atoms with Crippen LogP contribution in [0.5, 0.6) is 0 Å². The van der Waals surface area contributed by atoms with Crippen LogP contribution in [0.25, 0.3) is 5.69 Å². The van der Waals surface area contributed by atoms with Crippen molar-refractivity contribution < 1.29 is 4.39 Å². The Morgan fingerprint density at radius 3 is 2.89 bits per heavy atom. The molecule has 1 N–H and O–H groups in total. The lowest BCUT2D eigenvalue weighted by Crippen LogP contribution is -2.18. The Hall–Kier alpha value is -1.55. The summed E-state index contributed by atoms with van der Waals surface area (Å²) < 4.78 is 15.8. The van der Waals surface area contributed by atoms with E-state index in [1.807, 2.05) is 0 Å². The highest BCUT2D eigenvalue weighted by atomic mass is 35.5. The molecule has 1 heterocycles. The molecule has 0 amide bonds. The van der Waals surface area contributed by atoms with E-state index in [9.17, 15) is 4.39 Å². The highest BCUT2D eigenvalue weighted by molar-refractivity contribution is 6.30. The maximum Gasteiger partial charge on any atom is 0.207 e. The largest absolute Gasteiger partial charge is 0.353 e. The van der Waals surface area contributed by atoms with Gasteiger partial charge in [0.15, 0.2) is 5.82 Å². The van der Waals surface area contributed by atoms with Gasteiger partial charge in [-0.05, 0) is 25.0 Å². The molecule has 1 aromatic carbocycles. The van der Waals surface area contributed by atoms with Crippen LogP contribution in [-0.4, -0.2) is 15.6 Å². The number of nitrogens with zero attached hydrogens (tertiary/aromatic N) is 2. The summed E-state index contributed by atoms with van der Waals surface area (Å²) in [6, 6.07) is 5.41. The molecular weight excluding hydrogens is 265 g/mol. The van der Waals surface area contributed by atoms with E-state index in [2.05, 4.69) is 10.3 Å². The van der Waals surface area contributed by atoms with Crippen molar-refractivity contribution in [2.24, 2.45) is 0 Å². The van der Waals surface area contributed by atoms with Crippen LogP contribution in [0.2, 0.25) is 5.02 Å². The van der Waals surface area contributed by atoms with Crippen LogP contribution in [0, 0.1) is 5.82 Å². The van der Waals surface area contributed by atoms with Gasteiger partial charge in [0, 0.05) is 18.4 Å². The van der Waals surface area contributed by atoms with Gasteiger partial charge in [-0.3, -0.25) is 4.57 Å². The summed E-state index contributed by atoms with van der Waals surface area (Å²) >= 11 is 5.82. The molecule has 0 aliphatic heterocycles. The van der Waals surface area contributed by atoms with Crippen molar-refractivity contribution in [3.8, 4) is 5.69 Å². The summed E-state index contributed by atoms with van der Waals surface area (Å²) in [5.41, 5.74) is 0.422. The summed E-state index contributed by atoms with van der Waals surface area (Å²) in [6.45, 7) is 0. The van der Waals surface area contributed by atoms with Gasteiger partial charge in [0.1, 0.15) is 0 Å². The van der Waals surface area contributed by atoms with Crippen molar-refractivity contribution in [3.63, 3.8) is 0 Å². The number of benzene rings is 1. The first-order valence-electron chi connectivity index (χ1n) is 6.50. The van der Waals surface area contributed by atoms with Crippen LogP contribution >= 0.6 is 11.6 Å². The summed E-state index contributed by atoms with van der Waals surface area (Å²) in [7, 11) is 0. The van der Waals surface area contributed by atoms with Crippen LogP contribution in [0.3, 0.4) is 0 Å². The first-order chi connectivity index (χ1) is 9.25. The highest BCUT2D eigenvalue weighted by Gasteiger charge is 2.18. The first kappa shape index (κ1) is 12.5. The number of anilines is 1. The minimum atomic E-state index is -0.420. The minimum Gasteiger partial charge on any atom is -0.353 e. The van der Waals surface area contributed by atoms with Gasteiger partial charge in [-0.1, -0.05) is 30.5 Å². The molecule has 1 aromatic heterocycles. The van der Waals surface area contributed by atoms with E-state index in [0.29, 0.717) is 17.7 Å². The molecule has 5 heteroatoms. The quantitative estimate of drug-likeness (QED) is 0.920. The number of hydrogen-bond donors (Lipinski definition) is 1. The third kappa shape index (κ3) is 2.45. The van der Waals surface area contributed by atoms with Crippen molar-refractivity contribution in [2.75, 3.05) is 5.32 Å². The third-order valence-corrected chi connectivity index (χ3v) is 3.81. The fourth-order valence-corrected chi connectivity index (χ4v) is 2.71. The number of nitrogens with one attached hydrogen (secondary N) is 1. The van der Waals surface area contributed by atoms with Crippen LogP contribution in [-0.2, 0) is 0 Å². The Morgan fingerprint density at radius 2 is 2.11 bits per heavy atom. The van der Waals surface area contributed by atoms with E-state index in [4.69, 9.17) is 11.6 Å². The molecule has 3 rings (SSSR count). The van der Waals surface area contributed by atoms with Crippen LogP contribution < -0.4 is 5.32 Å². The fourth-order valence-electron chi connectivity index (χ4n) is 2.54. The number of aromatic nitrogens is 2. The van der Waals surface area contributed by atoms with E-state index < -0.39 is 5.82 Å². The van der Waals surface area contributed by atoms with E-state index in [1.165, 1.54) is 12.8 Å². The van der Waals surface area contributed by atoms with Gasteiger partial charge in [0.25, 0.3) is 0 Å². The average Bonchev–Trinajstić information content (AvgIpc) is 3.05. The predicted octanol–water partition coefficient (Wildman–Crippen LogP) is 4.02. The summed E-state index contributed by atoms with van der Waals surface area (Å²) in [4.78, 5) is 4.27. The molecule has 1 fully saturated rings. The Labute approximate surface area is 116 Å². The summed E-state index contributed by atoms with van der Waals surface area (Å²) in [6.07, 6.45) is 8.17. The Kier molecular flexibility index (Phi) is 3.42. The standard InChI is InChI=1S/C14H15ClFN3/c15-11-6-3-7-12(13(11)16)19-9-8-17-14(19)18-10-4-1-2-5-10/h3,6-10H,1-2,4-5H2,(H,17,18). The first-order valence-corrected chi connectivity index (χ1v) is 6.88. The lowest BCUT2D eigenvalue weighted by molar-refractivity contribution is 0.618. The Morgan fingerprint density at radius 1 is 1.32 bits per heavy atom. The molecule has 100 valence electrons. The molecule has 1 aliphatic rings. The molecule has 0 atom stereocenters. The van der Waals surface area contributed by atoms with Crippen molar-refractivity contribution >= 4 is 17.5 Å². The summed E-state index contributed by atoms with van der Waals surface area (Å²) in [5.74, 6) is 0.254. The lowest BCUT2D eigenvalue weighted by Gasteiger charge is -2.15. The van der Waals surface area contributed by atoms with Gasteiger partial charge in [0.05, 0.1) is 10.7 Å². The smallest absolute Gasteiger partial charge is 0.207 e. The topological polar surface area (TPSA) is 29.9 Å². The van der Waals surface area contributed by atoms with E-state index in [0.717, 1.165) is 12.8 Å². The minimum absolute atomic E-state index is 0.123. The molecular formula is C14H15ClFN3. The predicted molar refractivity (Wildman–Crippen MR) is 74.4 cm³/mol. The van der Waals surface area contributed by atoms with E-state index in [-0.39, 0.29) is 5.02 Å². The second kappa shape index (κ2) is 5.21. The van der Waals surface area contributed by atoms with Gasteiger partial charge in [-0.25, -0.2) is 9.37 Å². The molecule has 0 radical (unpaired) electrons. The zero-order valence-corrected chi connectivity index (χ0v) is 11.2. The molecule has 19 heavy (non-hydrogen) atoms. The molecule has 0 saturated heterocycles. The molecule has 0 bridgehead atoms. The molecule has 2 aromatic rings. The van der Waals surface area contributed by atoms with Crippen LogP contribution in [0.15, 0.2) is 30.6 Å². The SMILES string of the molecule is Fc1c(Cl)cccc1-n1ccnc1NC1CCCC1. The van der Waals surface area contributed by atoms with Crippen LogP contribution in [0.1, 0.15) is 25.7 Å². The maximum absolute atomic E-state index is 14.1. The second-order valence-electron chi connectivity index (χ2n) is 4.82. The van der Waals surface area contributed by atoms with Gasteiger partial charge in [0.2, 0.25) is 5.95 Å². The molecule has 3 nitrogen and oxygen atoms in total. The van der Waals surface area contributed by atoms with Crippen molar-refractivity contribution in [3.05, 3.63) is 41.4 Å². The zero-order chi connectivity index (χ0) is 13.2. The van der Waals surface area contributed by atoms with Crippen molar-refractivity contribution in [1.29, 1.82) is 0 Å². The van der Waals surface area contributed by atoms with Gasteiger partial charge in [-0.15, -0.1) is 0 Å². The normalized spacial score (nSPS) is 15.9. The molecule has 0 unspecified atom stereocenters. The van der Waals surface area contributed by atoms with Gasteiger partial charge < -0.3 is 5.32 Å². The highest BCUT2D eigenvalue weighted by Crippen LogP contribution is 2.26. The maximum atomic E-state index is 14.1. The molecule has 1 saturated carbocycles.